The number of piperidine rings is 1. The smallest absolute Gasteiger partial charge is 0.254 e. The standard InChI is InChI=1S/C25H31N3O2S/c1-26-11-13-27(14-12-26)23(29)16-20-17-25(22-5-3-2-4-21(20)22)7-9-28(10-8-25)24(30)19-6-15-31-18-19/h2-6,15,18,20H,7-14,16-17H2,1H3/t20-/m1/s1. The summed E-state index contributed by atoms with van der Waals surface area (Å²) in [6, 6.07) is 10.7. The Morgan fingerprint density at radius 3 is 2.45 bits per heavy atom. The van der Waals surface area contributed by atoms with Crippen molar-refractivity contribution in [3.63, 3.8) is 0 Å². The fraction of sp³-hybridized carbons (Fsp3) is 0.520. The maximum absolute atomic E-state index is 13.1. The largest absolute Gasteiger partial charge is 0.340 e. The van der Waals surface area contributed by atoms with Gasteiger partial charge in [0.1, 0.15) is 0 Å². The highest BCUT2D eigenvalue weighted by Gasteiger charge is 2.46. The Hall–Kier alpha value is -2.18. The molecule has 3 heterocycles. The molecule has 0 radical (unpaired) electrons. The van der Waals surface area contributed by atoms with Gasteiger partial charge in [-0.15, -0.1) is 0 Å². The van der Waals surface area contributed by atoms with E-state index in [1.165, 1.54) is 11.1 Å². The number of likely N-dealkylation sites (tertiary alicyclic amines) is 1. The molecule has 2 aromatic rings. The van der Waals surface area contributed by atoms with Crippen molar-refractivity contribution in [1.29, 1.82) is 0 Å². The van der Waals surface area contributed by atoms with E-state index < -0.39 is 0 Å². The number of nitrogens with zero attached hydrogens (tertiary/aromatic N) is 3. The lowest BCUT2D eigenvalue weighted by Gasteiger charge is -2.40. The molecule has 0 bridgehead atoms. The molecule has 6 heteroatoms. The molecule has 3 aliphatic rings. The second kappa shape index (κ2) is 8.40. The molecular formula is C25H31N3O2S. The van der Waals surface area contributed by atoms with Gasteiger partial charge in [0, 0.05) is 51.1 Å². The summed E-state index contributed by atoms with van der Waals surface area (Å²) in [5.41, 5.74) is 3.70. The van der Waals surface area contributed by atoms with Gasteiger partial charge in [0.25, 0.3) is 5.91 Å². The normalized spacial score (nSPS) is 23.2. The van der Waals surface area contributed by atoms with Crippen LogP contribution in [-0.2, 0) is 10.2 Å². The number of amides is 2. The van der Waals surface area contributed by atoms with Gasteiger partial charge in [0.15, 0.2) is 0 Å². The van der Waals surface area contributed by atoms with Crippen molar-refractivity contribution in [2.45, 2.75) is 37.0 Å². The number of likely N-dealkylation sites (N-methyl/N-ethyl adjacent to an activating group) is 1. The molecule has 2 saturated heterocycles. The molecule has 2 amide bonds. The highest BCUT2D eigenvalue weighted by molar-refractivity contribution is 7.08. The van der Waals surface area contributed by atoms with Crippen LogP contribution in [0, 0.1) is 0 Å². The molecule has 1 aliphatic carbocycles. The third-order valence-electron chi connectivity index (χ3n) is 7.66. The lowest BCUT2D eigenvalue weighted by Crippen LogP contribution is -2.47. The van der Waals surface area contributed by atoms with Crippen LogP contribution in [0.5, 0.6) is 0 Å². The SMILES string of the molecule is CN1CCN(C(=O)C[C@@H]2CC3(CCN(C(=O)c4ccsc4)CC3)c3ccccc32)CC1. The number of benzene rings is 1. The Labute approximate surface area is 188 Å². The van der Waals surface area contributed by atoms with Crippen molar-refractivity contribution < 1.29 is 9.59 Å². The second-order valence-corrected chi connectivity index (χ2v) is 10.2. The van der Waals surface area contributed by atoms with Gasteiger partial charge in [-0.1, -0.05) is 24.3 Å². The first-order valence-corrected chi connectivity index (χ1v) is 12.4. The quantitative estimate of drug-likeness (QED) is 0.737. The molecule has 5 nitrogen and oxygen atoms in total. The Balaban J connectivity index is 1.29. The van der Waals surface area contributed by atoms with Gasteiger partial charge in [-0.3, -0.25) is 9.59 Å². The Bertz CT molecular complexity index is 941. The average molecular weight is 438 g/mol. The number of fused-ring (bicyclic) bond motifs is 2. The zero-order valence-corrected chi connectivity index (χ0v) is 19.1. The van der Waals surface area contributed by atoms with Gasteiger partial charge in [0.2, 0.25) is 5.91 Å². The summed E-state index contributed by atoms with van der Waals surface area (Å²) in [6.45, 7) is 5.20. The van der Waals surface area contributed by atoms with E-state index in [9.17, 15) is 9.59 Å². The molecule has 0 saturated carbocycles. The molecule has 2 fully saturated rings. The molecule has 31 heavy (non-hydrogen) atoms. The predicted molar refractivity (Wildman–Crippen MR) is 124 cm³/mol. The maximum atomic E-state index is 13.1. The van der Waals surface area contributed by atoms with Gasteiger partial charge in [0.05, 0.1) is 5.56 Å². The van der Waals surface area contributed by atoms with Gasteiger partial charge < -0.3 is 14.7 Å². The maximum Gasteiger partial charge on any atom is 0.254 e. The lowest BCUT2D eigenvalue weighted by atomic mass is 9.73. The van der Waals surface area contributed by atoms with Crippen molar-refractivity contribution in [3.05, 3.63) is 57.8 Å². The van der Waals surface area contributed by atoms with E-state index in [4.69, 9.17) is 0 Å². The van der Waals surface area contributed by atoms with Crippen molar-refractivity contribution in [2.75, 3.05) is 46.3 Å². The van der Waals surface area contributed by atoms with Gasteiger partial charge in [-0.25, -0.2) is 0 Å². The zero-order valence-electron chi connectivity index (χ0n) is 18.3. The van der Waals surface area contributed by atoms with Gasteiger partial charge in [-0.05, 0) is 60.2 Å². The number of piperazine rings is 1. The highest BCUT2D eigenvalue weighted by atomic mass is 32.1. The second-order valence-electron chi connectivity index (χ2n) is 9.46. The van der Waals surface area contributed by atoms with Crippen LogP contribution in [0.4, 0.5) is 0 Å². The van der Waals surface area contributed by atoms with Gasteiger partial charge in [-0.2, -0.15) is 11.3 Å². The van der Waals surface area contributed by atoms with E-state index in [0.717, 1.165) is 64.1 Å². The molecule has 1 spiro atoms. The fourth-order valence-electron chi connectivity index (χ4n) is 5.79. The monoisotopic (exact) mass is 437 g/mol. The predicted octanol–water partition coefficient (Wildman–Crippen LogP) is 3.57. The summed E-state index contributed by atoms with van der Waals surface area (Å²) in [6.07, 6.45) is 3.62. The zero-order chi connectivity index (χ0) is 21.4. The molecule has 1 aromatic carbocycles. The van der Waals surface area contributed by atoms with E-state index >= 15 is 0 Å². The molecule has 0 unspecified atom stereocenters. The van der Waals surface area contributed by atoms with Crippen LogP contribution < -0.4 is 0 Å². The third kappa shape index (κ3) is 3.92. The minimum atomic E-state index is 0.106. The summed E-state index contributed by atoms with van der Waals surface area (Å²) in [5, 5.41) is 3.91. The van der Waals surface area contributed by atoms with E-state index in [1.807, 2.05) is 21.7 Å². The van der Waals surface area contributed by atoms with Crippen molar-refractivity contribution in [3.8, 4) is 0 Å². The summed E-state index contributed by atoms with van der Waals surface area (Å²) >= 11 is 1.57. The summed E-state index contributed by atoms with van der Waals surface area (Å²) in [4.78, 5) is 32.2. The molecular weight excluding hydrogens is 406 g/mol. The van der Waals surface area contributed by atoms with E-state index in [1.54, 1.807) is 11.3 Å². The number of hydrogen-bond acceptors (Lipinski definition) is 4. The van der Waals surface area contributed by atoms with E-state index in [0.29, 0.717) is 18.2 Å². The lowest BCUT2D eigenvalue weighted by molar-refractivity contribution is -0.133. The highest BCUT2D eigenvalue weighted by Crippen LogP contribution is 2.52. The number of carbonyl (C=O) groups excluding carboxylic acids is 2. The summed E-state index contributed by atoms with van der Waals surface area (Å²) in [5.74, 6) is 0.752. The van der Waals surface area contributed by atoms with Crippen LogP contribution in [0.2, 0.25) is 0 Å². The van der Waals surface area contributed by atoms with E-state index in [-0.39, 0.29) is 11.3 Å². The van der Waals surface area contributed by atoms with Crippen molar-refractivity contribution in [2.24, 2.45) is 0 Å². The minimum absolute atomic E-state index is 0.106. The van der Waals surface area contributed by atoms with Crippen LogP contribution in [0.3, 0.4) is 0 Å². The molecule has 0 N–H and O–H groups in total. The Morgan fingerprint density at radius 1 is 1.00 bits per heavy atom. The van der Waals surface area contributed by atoms with Crippen LogP contribution in [0.25, 0.3) is 0 Å². The molecule has 1 atom stereocenters. The number of rotatable bonds is 3. The van der Waals surface area contributed by atoms with Crippen LogP contribution in [0.1, 0.15) is 53.1 Å². The van der Waals surface area contributed by atoms with Gasteiger partial charge >= 0.3 is 0 Å². The fourth-order valence-corrected chi connectivity index (χ4v) is 6.42. The number of thiophene rings is 1. The van der Waals surface area contributed by atoms with Crippen LogP contribution in [-0.4, -0.2) is 72.8 Å². The molecule has 164 valence electrons. The summed E-state index contributed by atoms with van der Waals surface area (Å²) in [7, 11) is 2.12. The first-order valence-electron chi connectivity index (χ1n) is 11.4. The molecule has 5 rings (SSSR count). The van der Waals surface area contributed by atoms with Crippen molar-refractivity contribution in [1.82, 2.24) is 14.7 Å². The first-order chi connectivity index (χ1) is 15.1. The summed E-state index contributed by atoms with van der Waals surface area (Å²) < 4.78 is 0. The first kappa shape index (κ1) is 20.7. The number of hydrogen-bond donors (Lipinski definition) is 0. The van der Waals surface area contributed by atoms with Crippen LogP contribution >= 0.6 is 11.3 Å². The molecule has 1 aromatic heterocycles. The average Bonchev–Trinajstić information content (AvgIpc) is 3.43. The van der Waals surface area contributed by atoms with E-state index in [2.05, 4.69) is 41.1 Å². The van der Waals surface area contributed by atoms with Crippen LogP contribution in [0.15, 0.2) is 41.1 Å². The third-order valence-corrected chi connectivity index (χ3v) is 8.35. The Morgan fingerprint density at radius 2 is 1.74 bits per heavy atom. The number of carbonyl (C=O) groups is 2. The minimum Gasteiger partial charge on any atom is -0.340 e. The topological polar surface area (TPSA) is 43.9 Å². The molecule has 2 aliphatic heterocycles. The Kier molecular flexibility index (Phi) is 5.61. The van der Waals surface area contributed by atoms with Crippen molar-refractivity contribution >= 4 is 23.2 Å².